The lowest BCUT2D eigenvalue weighted by atomic mass is 10.2. The summed E-state index contributed by atoms with van der Waals surface area (Å²) < 4.78 is 49.3. The van der Waals surface area contributed by atoms with Gasteiger partial charge >= 0.3 is 0 Å². The molecule has 1 saturated heterocycles. The van der Waals surface area contributed by atoms with Crippen molar-refractivity contribution in [2.45, 2.75) is 30.7 Å². The largest absolute Gasteiger partial charge is 0.240 e. The first-order valence-electron chi connectivity index (χ1n) is 6.14. The van der Waals surface area contributed by atoms with Gasteiger partial charge in [-0.05, 0) is 30.5 Å². The molecule has 1 aromatic rings. The molecule has 1 aliphatic rings. The highest BCUT2D eigenvalue weighted by molar-refractivity contribution is 7.92. The fourth-order valence-corrected chi connectivity index (χ4v) is 5.13. The highest BCUT2D eigenvalue weighted by Gasteiger charge is 2.31. The van der Waals surface area contributed by atoms with E-state index in [1.807, 2.05) is 6.92 Å². The van der Waals surface area contributed by atoms with Gasteiger partial charge in [-0.2, -0.15) is 0 Å². The van der Waals surface area contributed by atoms with Crippen LogP contribution in [0.4, 0.5) is 0 Å². The molecule has 0 aliphatic carbocycles. The first kappa shape index (κ1) is 14.5. The Hall–Kier alpha value is -0.920. The fourth-order valence-electron chi connectivity index (χ4n) is 2.08. The molecule has 1 N–H and O–H groups in total. The fraction of sp³-hybridized carbons (Fsp3) is 0.500. The van der Waals surface area contributed by atoms with Gasteiger partial charge in [0.1, 0.15) is 0 Å². The van der Waals surface area contributed by atoms with Gasteiger partial charge in [-0.3, -0.25) is 0 Å². The quantitative estimate of drug-likeness (QED) is 0.888. The molecular formula is C12H17NO4S2. The van der Waals surface area contributed by atoms with Gasteiger partial charge < -0.3 is 0 Å². The number of nitrogens with one attached hydrogen (secondary N) is 1. The van der Waals surface area contributed by atoms with Crippen LogP contribution >= 0.6 is 0 Å². The Morgan fingerprint density at radius 1 is 1.26 bits per heavy atom. The Morgan fingerprint density at radius 3 is 2.37 bits per heavy atom. The Labute approximate surface area is 114 Å². The van der Waals surface area contributed by atoms with Crippen LogP contribution in [0, 0.1) is 0 Å². The highest BCUT2D eigenvalue weighted by Crippen LogP contribution is 2.16. The third-order valence-corrected chi connectivity index (χ3v) is 6.50. The summed E-state index contributed by atoms with van der Waals surface area (Å²) in [4.78, 5) is 0.175. The van der Waals surface area contributed by atoms with Crippen LogP contribution in [0.15, 0.2) is 29.2 Å². The van der Waals surface area contributed by atoms with Gasteiger partial charge in [-0.25, -0.2) is 21.6 Å². The van der Waals surface area contributed by atoms with Crippen LogP contribution in [-0.2, 0) is 26.3 Å². The normalized spacial score (nSPS) is 22.5. The first-order chi connectivity index (χ1) is 8.82. The standard InChI is InChI=1S/C12H17NO4S2/c1-2-10-3-5-12(6-4-10)19(16,17)13-11-7-8-18(14,15)9-11/h3-6,11,13H,2,7-9H2,1H3. The van der Waals surface area contributed by atoms with Crippen molar-refractivity contribution in [3.8, 4) is 0 Å². The summed E-state index contributed by atoms with van der Waals surface area (Å²) in [6.07, 6.45) is 1.18. The van der Waals surface area contributed by atoms with E-state index in [1.165, 1.54) is 0 Å². The van der Waals surface area contributed by atoms with Gasteiger partial charge in [0.05, 0.1) is 16.4 Å². The average Bonchev–Trinajstić information content (AvgIpc) is 2.68. The van der Waals surface area contributed by atoms with Gasteiger partial charge in [0, 0.05) is 6.04 Å². The van der Waals surface area contributed by atoms with Crippen molar-refractivity contribution in [3.63, 3.8) is 0 Å². The van der Waals surface area contributed by atoms with Crippen molar-refractivity contribution in [2.75, 3.05) is 11.5 Å². The number of sulfonamides is 1. The van der Waals surface area contributed by atoms with Crippen molar-refractivity contribution in [3.05, 3.63) is 29.8 Å². The SMILES string of the molecule is CCc1ccc(S(=O)(=O)NC2CCS(=O)(=O)C2)cc1. The number of hydrogen-bond donors (Lipinski definition) is 1. The summed E-state index contributed by atoms with van der Waals surface area (Å²) >= 11 is 0. The molecule has 1 aliphatic heterocycles. The average molecular weight is 303 g/mol. The number of aryl methyl sites for hydroxylation is 1. The second-order valence-electron chi connectivity index (χ2n) is 4.72. The number of sulfone groups is 1. The van der Waals surface area contributed by atoms with Crippen LogP contribution < -0.4 is 4.72 Å². The van der Waals surface area contributed by atoms with E-state index in [0.29, 0.717) is 6.42 Å². The number of rotatable bonds is 4. The second kappa shape index (κ2) is 5.22. The van der Waals surface area contributed by atoms with E-state index in [4.69, 9.17) is 0 Å². The van der Waals surface area contributed by atoms with Crippen LogP contribution in [0.1, 0.15) is 18.9 Å². The molecule has 0 radical (unpaired) electrons. The molecule has 1 atom stereocenters. The molecule has 5 nitrogen and oxygen atoms in total. The lowest BCUT2D eigenvalue weighted by Crippen LogP contribution is -2.35. The minimum atomic E-state index is -3.63. The summed E-state index contributed by atoms with van der Waals surface area (Å²) in [5, 5.41) is 0. The van der Waals surface area contributed by atoms with E-state index >= 15 is 0 Å². The van der Waals surface area contributed by atoms with Crippen molar-refractivity contribution in [1.82, 2.24) is 4.72 Å². The van der Waals surface area contributed by atoms with Crippen LogP contribution in [0.25, 0.3) is 0 Å². The Balaban J connectivity index is 2.14. The molecule has 7 heteroatoms. The maximum Gasteiger partial charge on any atom is 0.240 e. The minimum absolute atomic E-state index is 0.0506. The zero-order valence-electron chi connectivity index (χ0n) is 10.7. The summed E-state index contributed by atoms with van der Waals surface area (Å²) in [7, 11) is -6.72. The number of benzene rings is 1. The summed E-state index contributed by atoms with van der Waals surface area (Å²) in [6.45, 7) is 1.99. The van der Waals surface area contributed by atoms with E-state index in [-0.39, 0.29) is 16.4 Å². The van der Waals surface area contributed by atoms with Gasteiger partial charge in [0.15, 0.2) is 9.84 Å². The van der Waals surface area contributed by atoms with E-state index in [2.05, 4.69) is 4.72 Å². The number of hydrogen-bond acceptors (Lipinski definition) is 4. The van der Waals surface area contributed by atoms with Crippen LogP contribution in [0.3, 0.4) is 0 Å². The van der Waals surface area contributed by atoms with E-state index in [1.54, 1.807) is 24.3 Å². The molecule has 19 heavy (non-hydrogen) atoms. The van der Waals surface area contributed by atoms with Gasteiger partial charge in [-0.1, -0.05) is 19.1 Å². The summed E-state index contributed by atoms with van der Waals surface area (Å²) in [5.74, 6) is -0.0613. The van der Waals surface area contributed by atoms with Crippen molar-refractivity contribution < 1.29 is 16.8 Å². The van der Waals surface area contributed by atoms with Crippen LogP contribution in [0.5, 0.6) is 0 Å². The lowest BCUT2D eigenvalue weighted by Gasteiger charge is -2.11. The summed E-state index contributed by atoms with van der Waals surface area (Å²) in [6, 6.07) is 6.11. The minimum Gasteiger partial charge on any atom is -0.229 e. The van der Waals surface area contributed by atoms with Crippen molar-refractivity contribution in [2.24, 2.45) is 0 Å². The molecule has 1 aromatic carbocycles. The van der Waals surface area contributed by atoms with Gasteiger partial charge in [0.25, 0.3) is 0 Å². The predicted octanol–water partition coefficient (Wildman–Crippen LogP) is 0.714. The lowest BCUT2D eigenvalue weighted by molar-refractivity contribution is 0.562. The summed E-state index contributed by atoms with van der Waals surface area (Å²) in [5.41, 5.74) is 1.06. The predicted molar refractivity (Wildman–Crippen MR) is 73.2 cm³/mol. The Morgan fingerprint density at radius 2 is 1.89 bits per heavy atom. The highest BCUT2D eigenvalue weighted by atomic mass is 32.2. The van der Waals surface area contributed by atoms with Crippen molar-refractivity contribution in [1.29, 1.82) is 0 Å². The van der Waals surface area contributed by atoms with Gasteiger partial charge in [0.2, 0.25) is 10.0 Å². The molecule has 1 unspecified atom stereocenters. The molecule has 2 rings (SSSR count). The first-order valence-corrected chi connectivity index (χ1v) is 9.44. The third-order valence-electron chi connectivity index (χ3n) is 3.20. The maximum absolute atomic E-state index is 12.1. The molecule has 0 bridgehead atoms. The molecule has 0 spiro atoms. The van der Waals surface area contributed by atoms with Crippen molar-refractivity contribution >= 4 is 19.9 Å². The van der Waals surface area contributed by atoms with Crippen LogP contribution in [-0.4, -0.2) is 34.4 Å². The zero-order valence-corrected chi connectivity index (χ0v) is 12.3. The maximum atomic E-state index is 12.1. The molecular weight excluding hydrogens is 286 g/mol. The molecule has 0 saturated carbocycles. The molecule has 1 heterocycles. The molecule has 0 aromatic heterocycles. The van der Waals surface area contributed by atoms with Gasteiger partial charge in [-0.15, -0.1) is 0 Å². The second-order valence-corrected chi connectivity index (χ2v) is 8.66. The smallest absolute Gasteiger partial charge is 0.229 e. The third kappa shape index (κ3) is 3.55. The Kier molecular flexibility index (Phi) is 3.98. The monoisotopic (exact) mass is 303 g/mol. The van der Waals surface area contributed by atoms with Crippen LogP contribution in [0.2, 0.25) is 0 Å². The van der Waals surface area contributed by atoms with E-state index < -0.39 is 25.9 Å². The molecule has 1 fully saturated rings. The zero-order chi connectivity index (χ0) is 14.1. The van der Waals surface area contributed by atoms with E-state index in [9.17, 15) is 16.8 Å². The van der Waals surface area contributed by atoms with E-state index in [0.717, 1.165) is 12.0 Å². The topological polar surface area (TPSA) is 80.3 Å². The Bertz CT molecular complexity index is 647. The molecule has 0 amide bonds. The molecule has 106 valence electrons.